The molecule has 0 aliphatic heterocycles. The summed E-state index contributed by atoms with van der Waals surface area (Å²) in [5.41, 5.74) is 0. The van der Waals surface area contributed by atoms with Crippen molar-refractivity contribution in [3.63, 3.8) is 0 Å². The van der Waals surface area contributed by atoms with E-state index in [0.29, 0.717) is 0 Å². The molecule has 0 atom stereocenters. The molecular formula is H4Cl4OS. The first-order valence-electron chi connectivity index (χ1n) is 0.309. The van der Waals surface area contributed by atoms with Crippen LogP contribution < -0.4 is 0 Å². The molecule has 1 nitrogen and oxygen atoms in total. The minimum atomic E-state index is 0. The van der Waals surface area contributed by atoms with Gasteiger partial charge in [0.25, 0.3) is 0 Å². The van der Waals surface area contributed by atoms with Gasteiger partial charge in [-0.15, -0.1) is 24.8 Å². The van der Waals surface area contributed by atoms with E-state index in [4.69, 9.17) is 0 Å². The fraction of sp³-hybridized carbons (Fsp3) is 0. The molecule has 6 heavy (non-hydrogen) atoms. The second kappa shape index (κ2) is 31.7. The lowest BCUT2D eigenvalue weighted by Gasteiger charge is -1.46. The Morgan fingerprint density at radius 1 is 1.00 bits per heavy atom. The van der Waals surface area contributed by atoms with Crippen LogP contribution in [0.2, 0.25) is 0 Å². The summed E-state index contributed by atoms with van der Waals surface area (Å²) in [6, 6.07) is 0. The fourth-order valence-electron chi connectivity index (χ4n) is 0. The molecule has 6 heteroatoms. The van der Waals surface area contributed by atoms with E-state index < -0.39 is 0 Å². The highest BCUT2D eigenvalue weighted by molar-refractivity contribution is 7.59. The molecule has 0 aromatic carbocycles. The van der Waals surface area contributed by atoms with Crippen LogP contribution in [0.4, 0.5) is 0 Å². The summed E-state index contributed by atoms with van der Waals surface area (Å²) in [4.78, 5) is 0. The van der Waals surface area contributed by atoms with E-state index in [2.05, 4.69) is 27.6 Å². The molecule has 0 aromatic heterocycles. The van der Waals surface area contributed by atoms with Crippen molar-refractivity contribution in [1.82, 2.24) is 0 Å². The molecule has 0 radical (unpaired) electrons. The van der Waals surface area contributed by atoms with Gasteiger partial charge in [0.15, 0.2) is 0 Å². The van der Waals surface area contributed by atoms with E-state index >= 15 is 0 Å². The highest BCUT2D eigenvalue weighted by Crippen LogP contribution is 1.78. The van der Waals surface area contributed by atoms with Crippen LogP contribution in [0, 0.1) is 0 Å². The molecule has 0 heterocycles. The molecule has 0 aliphatic carbocycles. The van der Waals surface area contributed by atoms with Crippen molar-refractivity contribution in [2.24, 2.45) is 0 Å². The first-order valence-corrected chi connectivity index (χ1v) is 0.926. The Morgan fingerprint density at radius 2 is 1.00 bits per heavy atom. The van der Waals surface area contributed by atoms with Crippen molar-refractivity contribution in [2.75, 3.05) is 0 Å². The molecule has 0 bridgehead atoms. The fourth-order valence-corrected chi connectivity index (χ4v) is 0. The number of hydrogen-bond donors (Lipinski definition) is 0. The monoisotopic (exact) mass is 192 g/mol. The predicted molar refractivity (Wildman–Crippen MR) is 37.7 cm³/mol. The van der Waals surface area contributed by atoms with Gasteiger partial charge in [-0.2, -0.15) is 17.3 Å². The Bertz CT molecular complexity index is 7.51. The zero-order chi connectivity index (χ0) is 2.71. The second-order valence-electron chi connectivity index (χ2n) is 0.0583. The summed E-state index contributed by atoms with van der Waals surface area (Å²) < 4.78 is 3.19. The van der Waals surface area contributed by atoms with Gasteiger partial charge in [-0.25, -0.2) is 0 Å². The minimum absolute atomic E-state index is 0. The summed E-state index contributed by atoms with van der Waals surface area (Å²) in [5, 5.41) is 0. The van der Waals surface area contributed by atoms with Gasteiger partial charge < -0.3 is 0 Å². The Balaban J connectivity index is -0.00000000667. The van der Waals surface area contributed by atoms with E-state index in [-0.39, 0.29) is 38.3 Å². The van der Waals surface area contributed by atoms with Crippen LogP contribution in [0.5, 0.6) is 0 Å². The Kier molecular flexibility index (Phi) is 137. The highest BCUT2D eigenvalue weighted by Gasteiger charge is 1.38. The zero-order valence-electron chi connectivity index (χ0n) is 2.48. The average Bonchev–Trinajstić information content (AvgIpc) is 0.918. The van der Waals surface area contributed by atoms with Gasteiger partial charge >= 0.3 is 0 Å². The zero-order valence-corrected chi connectivity index (χ0v) is 6.63. The Hall–Kier alpha value is 1.47. The maximum atomic E-state index is 4.26. The average molecular weight is 194 g/mol. The van der Waals surface area contributed by atoms with Crippen molar-refractivity contribution in [1.29, 1.82) is 0 Å². The molecule has 0 N–H and O–H groups in total. The summed E-state index contributed by atoms with van der Waals surface area (Å²) in [5.74, 6) is 0. The van der Waals surface area contributed by atoms with Crippen molar-refractivity contribution < 1.29 is 3.84 Å². The van der Waals surface area contributed by atoms with Gasteiger partial charge in [0.1, 0.15) is 0 Å². The summed E-state index contributed by atoms with van der Waals surface area (Å²) in [7, 11) is 0. The summed E-state index contributed by atoms with van der Waals surface area (Å²) in [6.45, 7) is 0. The molecule has 0 unspecified atom stereocenters. The first-order chi connectivity index (χ1) is 1.41. The lowest BCUT2D eigenvalue weighted by atomic mass is 15.9. The molecule has 0 spiro atoms. The van der Waals surface area contributed by atoms with E-state index in [9.17, 15) is 0 Å². The Labute approximate surface area is 65.9 Å². The number of rotatable bonds is 0. The molecule has 0 fully saturated rings. The molecule has 0 aliphatic rings. The molecule has 44 valence electrons. The van der Waals surface area contributed by atoms with E-state index in [1.807, 2.05) is 0 Å². The summed E-state index contributed by atoms with van der Waals surface area (Å²) >= 11 is 8.53. The van der Waals surface area contributed by atoms with Gasteiger partial charge in [0, 0.05) is 0 Å². The Morgan fingerprint density at radius 3 is 1.00 bits per heavy atom. The van der Waals surface area contributed by atoms with Crippen LogP contribution in [0.1, 0.15) is 0 Å². The van der Waals surface area contributed by atoms with Crippen molar-refractivity contribution in [3.05, 3.63) is 0 Å². The van der Waals surface area contributed by atoms with Crippen LogP contribution in [-0.2, 0) is 3.84 Å². The van der Waals surface area contributed by atoms with Gasteiger partial charge in [0.05, 0.1) is 23.7 Å². The largest absolute Gasteiger partial charge is 0.197 e. The molecule has 0 rings (SSSR count). The molecule has 0 amide bonds. The lowest BCUT2D eigenvalue weighted by molar-refractivity contribution is 0.697. The van der Waals surface area contributed by atoms with Crippen molar-refractivity contribution in [3.8, 4) is 0 Å². The maximum Gasteiger partial charge on any atom is 0.0832 e. The number of hydrogen-bond acceptors (Lipinski definition) is 1. The third-order valence-corrected chi connectivity index (χ3v) is 0. The third-order valence-electron chi connectivity index (χ3n) is 0. The van der Waals surface area contributed by atoms with Gasteiger partial charge in [-0.05, 0) is 0 Å². The van der Waals surface area contributed by atoms with Gasteiger partial charge in [-0.3, -0.25) is 0 Å². The third kappa shape index (κ3) is 50.6. The smallest absolute Gasteiger partial charge is 0.0832 e. The normalized spacial score (nSPS) is 3.00. The van der Waals surface area contributed by atoms with Crippen LogP contribution in [0.15, 0.2) is 0 Å². The lowest BCUT2D eigenvalue weighted by Crippen LogP contribution is -1.15. The van der Waals surface area contributed by atoms with E-state index in [1.54, 1.807) is 0 Å². The van der Waals surface area contributed by atoms with Crippen LogP contribution in [0.25, 0.3) is 0 Å². The molecule has 0 saturated carbocycles. The highest BCUT2D eigenvalue weighted by atomic mass is 35.6. The molecular weight excluding hydrogens is 190 g/mol. The number of halogens is 4. The van der Waals surface area contributed by atoms with Crippen LogP contribution in [-0.4, -0.2) is 0 Å². The van der Waals surface area contributed by atoms with Crippen molar-refractivity contribution >= 4 is 62.0 Å². The SMILES string of the molecule is Cl.Cl.ClOCl.S. The standard InChI is InChI=1S/Cl2O.2ClH.H2S/c1-3-2;;;/h;2*1H;1H2. The quantitative estimate of drug-likeness (QED) is 0.574. The second-order valence-corrected chi connectivity index (χ2v) is 0.525. The minimum Gasteiger partial charge on any atom is -0.197 e. The van der Waals surface area contributed by atoms with Crippen molar-refractivity contribution in [2.45, 2.75) is 0 Å². The van der Waals surface area contributed by atoms with Gasteiger partial charge in [-0.1, -0.05) is 0 Å². The molecule has 0 saturated heterocycles. The topological polar surface area (TPSA) is 9.23 Å². The molecule has 0 aromatic rings. The van der Waals surface area contributed by atoms with Crippen LogP contribution in [0.3, 0.4) is 0 Å². The summed E-state index contributed by atoms with van der Waals surface area (Å²) in [6.07, 6.45) is 0. The van der Waals surface area contributed by atoms with Gasteiger partial charge in [0.2, 0.25) is 0 Å². The van der Waals surface area contributed by atoms with E-state index in [1.165, 1.54) is 0 Å². The maximum absolute atomic E-state index is 4.26. The van der Waals surface area contributed by atoms with E-state index in [0.717, 1.165) is 0 Å². The predicted octanol–water partition coefficient (Wildman–Crippen LogP) is 2.27. The van der Waals surface area contributed by atoms with Crippen LogP contribution >= 0.6 is 62.0 Å². The first kappa shape index (κ1) is 26.0.